The first-order valence-corrected chi connectivity index (χ1v) is 8.13. The van der Waals surface area contributed by atoms with Crippen molar-refractivity contribution in [2.75, 3.05) is 37.8 Å². The monoisotopic (exact) mass is 333 g/mol. The van der Waals surface area contributed by atoms with Crippen LogP contribution in [0.5, 0.6) is 0 Å². The van der Waals surface area contributed by atoms with Crippen LogP contribution in [-0.4, -0.2) is 42.1 Å². The van der Waals surface area contributed by atoms with Crippen LogP contribution in [0.3, 0.4) is 0 Å². The van der Waals surface area contributed by atoms with Crippen molar-refractivity contribution < 1.29 is 0 Å². The molecule has 0 saturated carbocycles. The smallest absolute Gasteiger partial charge is 0.132 e. The van der Waals surface area contributed by atoms with E-state index in [1.54, 1.807) is 0 Å². The van der Waals surface area contributed by atoms with E-state index in [1.807, 2.05) is 37.3 Å². The second kappa shape index (κ2) is 8.70. The van der Waals surface area contributed by atoms with Gasteiger partial charge in [-0.1, -0.05) is 23.7 Å². The predicted octanol–water partition coefficient (Wildman–Crippen LogP) is 3.41. The van der Waals surface area contributed by atoms with Crippen molar-refractivity contribution in [1.82, 2.24) is 14.9 Å². The largest absolute Gasteiger partial charge is 0.370 e. The molecule has 0 aliphatic rings. The van der Waals surface area contributed by atoms with Crippen molar-refractivity contribution in [2.24, 2.45) is 0 Å². The van der Waals surface area contributed by atoms with Gasteiger partial charge in [-0.15, -0.1) is 0 Å². The zero-order chi connectivity index (χ0) is 16.7. The molecular formula is C17H24ClN5. The summed E-state index contributed by atoms with van der Waals surface area (Å²) in [7, 11) is 4.15. The summed E-state index contributed by atoms with van der Waals surface area (Å²) >= 11 is 5.90. The molecule has 6 heteroatoms. The van der Waals surface area contributed by atoms with E-state index in [4.69, 9.17) is 11.6 Å². The normalized spacial score (nSPS) is 10.8. The molecule has 0 aliphatic heterocycles. The Morgan fingerprint density at radius 3 is 2.35 bits per heavy atom. The van der Waals surface area contributed by atoms with Gasteiger partial charge in [0.25, 0.3) is 0 Å². The van der Waals surface area contributed by atoms with E-state index in [0.717, 1.165) is 47.6 Å². The summed E-state index contributed by atoms with van der Waals surface area (Å²) in [6.07, 6.45) is 1.07. The SMILES string of the molecule is Cc1nc(NCCCN(C)C)cc(NCc2ccc(Cl)cc2)n1. The summed E-state index contributed by atoms with van der Waals surface area (Å²) in [6.45, 7) is 4.55. The Morgan fingerprint density at radius 1 is 1.04 bits per heavy atom. The Hall–Kier alpha value is -1.85. The molecule has 124 valence electrons. The van der Waals surface area contributed by atoms with Crippen LogP contribution in [0.25, 0.3) is 0 Å². The van der Waals surface area contributed by atoms with E-state index < -0.39 is 0 Å². The van der Waals surface area contributed by atoms with Crippen molar-refractivity contribution in [2.45, 2.75) is 19.9 Å². The standard InChI is InChI=1S/C17H24ClN5/c1-13-21-16(19-9-4-10-23(2)3)11-17(22-13)20-12-14-5-7-15(18)8-6-14/h5-8,11H,4,9-10,12H2,1-3H3,(H2,19,20,21,22). The van der Waals surface area contributed by atoms with Gasteiger partial charge in [-0.05, 0) is 51.7 Å². The molecule has 1 aromatic carbocycles. The molecule has 1 heterocycles. The van der Waals surface area contributed by atoms with E-state index in [0.29, 0.717) is 6.54 Å². The number of hydrogen-bond donors (Lipinski definition) is 2. The number of aromatic nitrogens is 2. The van der Waals surface area contributed by atoms with Gasteiger partial charge in [-0.25, -0.2) is 9.97 Å². The van der Waals surface area contributed by atoms with Crippen molar-refractivity contribution in [1.29, 1.82) is 0 Å². The molecule has 0 radical (unpaired) electrons. The Bertz CT molecular complexity index is 613. The Balaban J connectivity index is 1.90. The molecule has 0 bridgehead atoms. The molecule has 23 heavy (non-hydrogen) atoms. The van der Waals surface area contributed by atoms with E-state index in [-0.39, 0.29) is 0 Å². The molecular weight excluding hydrogens is 310 g/mol. The molecule has 0 atom stereocenters. The summed E-state index contributed by atoms with van der Waals surface area (Å²) in [5, 5.41) is 7.43. The van der Waals surface area contributed by atoms with Crippen LogP contribution in [0.2, 0.25) is 5.02 Å². The topological polar surface area (TPSA) is 53.1 Å². The van der Waals surface area contributed by atoms with Gasteiger partial charge in [0.1, 0.15) is 17.5 Å². The summed E-state index contributed by atoms with van der Waals surface area (Å²) in [4.78, 5) is 11.0. The zero-order valence-electron chi connectivity index (χ0n) is 13.9. The highest BCUT2D eigenvalue weighted by Gasteiger charge is 2.02. The summed E-state index contributed by atoms with van der Waals surface area (Å²) in [5.41, 5.74) is 1.16. The molecule has 2 rings (SSSR count). The minimum absolute atomic E-state index is 0.702. The second-order valence-corrected chi connectivity index (χ2v) is 6.19. The van der Waals surface area contributed by atoms with Crippen LogP contribution in [0.15, 0.2) is 30.3 Å². The number of rotatable bonds is 8. The molecule has 2 N–H and O–H groups in total. The molecule has 0 fully saturated rings. The van der Waals surface area contributed by atoms with Gasteiger partial charge in [0, 0.05) is 24.2 Å². The van der Waals surface area contributed by atoms with Gasteiger partial charge in [-0.3, -0.25) is 0 Å². The Kier molecular flexibility index (Phi) is 6.62. The van der Waals surface area contributed by atoms with Crippen molar-refractivity contribution in [3.8, 4) is 0 Å². The summed E-state index contributed by atoms with van der Waals surface area (Å²) in [5.74, 6) is 2.43. The maximum Gasteiger partial charge on any atom is 0.132 e. The maximum atomic E-state index is 5.90. The minimum atomic E-state index is 0.702. The zero-order valence-corrected chi connectivity index (χ0v) is 14.7. The molecule has 0 spiro atoms. The quantitative estimate of drug-likeness (QED) is 0.725. The fraction of sp³-hybridized carbons (Fsp3) is 0.412. The van der Waals surface area contributed by atoms with Gasteiger partial charge in [-0.2, -0.15) is 0 Å². The van der Waals surface area contributed by atoms with E-state index in [1.165, 1.54) is 0 Å². The van der Waals surface area contributed by atoms with Gasteiger partial charge < -0.3 is 15.5 Å². The number of nitrogens with zero attached hydrogens (tertiary/aromatic N) is 3. The Morgan fingerprint density at radius 2 is 1.70 bits per heavy atom. The van der Waals surface area contributed by atoms with Crippen LogP contribution in [0.1, 0.15) is 17.8 Å². The third kappa shape index (κ3) is 6.42. The average molecular weight is 334 g/mol. The second-order valence-electron chi connectivity index (χ2n) is 5.75. The lowest BCUT2D eigenvalue weighted by Crippen LogP contribution is -2.17. The number of aryl methyl sites for hydroxylation is 1. The molecule has 2 aromatic rings. The highest BCUT2D eigenvalue weighted by molar-refractivity contribution is 6.30. The molecule has 0 unspecified atom stereocenters. The fourth-order valence-electron chi connectivity index (χ4n) is 2.16. The van der Waals surface area contributed by atoms with Crippen molar-refractivity contribution >= 4 is 23.2 Å². The van der Waals surface area contributed by atoms with Crippen LogP contribution in [0, 0.1) is 6.92 Å². The third-order valence-corrected chi connectivity index (χ3v) is 3.57. The van der Waals surface area contributed by atoms with Crippen LogP contribution < -0.4 is 10.6 Å². The van der Waals surface area contributed by atoms with Gasteiger partial charge in [0.15, 0.2) is 0 Å². The van der Waals surface area contributed by atoms with E-state index >= 15 is 0 Å². The molecule has 0 aliphatic carbocycles. The minimum Gasteiger partial charge on any atom is -0.370 e. The molecule has 1 aromatic heterocycles. The van der Waals surface area contributed by atoms with Crippen LogP contribution in [0.4, 0.5) is 11.6 Å². The summed E-state index contributed by atoms with van der Waals surface area (Å²) in [6, 6.07) is 9.73. The lowest BCUT2D eigenvalue weighted by atomic mass is 10.2. The van der Waals surface area contributed by atoms with Crippen LogP contribution in [-0.2, 0) is 6.54 Å². The first kappa shape index (κ1) is 17.5. The highest BCUT2D eigenvalue weighted by Crippen LogP contribution is 2.14. The van der Waals surface area contributed by atoms with Gasteiger partial charge in [0.2, 0.25) is 0 Å². The van der Waals surface area contributed by atoms with Gasteiger partial charge in [0.05, 0.1) is 0 Å². The lowest BCUT2D eigenvalue weighted by molar-refractivity contribution is 0.405. The predicted molar refractivity (Wildman–Crippen MR) is 97.2 cm³/mol. The number of benzene rings is 1. The molecule has 0 saturated heterocycles. The average Bonchev–Trinajstić information content (AvgIpc) is 2.50. The first-order chi connectivity index (χ1) is 11.0. The lowest BCUT2D eigenvalue weighted by Gasteiger charge is -2.12. The third-order valence-electron chi connectivity index (χ3n) is 3.31. The molecule has 0 amide bonds. The van der Waals surface area contributed by atoms with Crippen molar-refractivity contribution in [3.63, 3.8) is 0 Å². The number of nitrogens with one attached hydrogen (secondary N) is 2. The first-order valence-electron chi connectivity index (χ1n) is 7.75. The number of hydrogen-bond acceptors (Lipinski definition) is 5. The van der Waals surface area contributed by atoms with E-state index in [2.05, 4.69) is 39.6 Å². The highest BCUT2D eigenvalue weighted by atomic mass is 35.5. The fourth-order valence-corrected chi connectivity index (χ4v) is 2.28. The van der Waals surface area contributed by atoms with E-state index in [9.17, 15) is 0 Å². The molecule has 5 nitrogen and oxygen atoms in total. The van der Waals surface area contributed by atoms with Crippen molar-refractivity contribution in [3.05, 3.63) is 46.7 Å². The number of halogens is 1. The maximum absolute atomic E-state index is 5.90. The Labute approximate surface area is 143 Å². The summed E-state index contributed by atoms with van der Waals surface area (Å²) < 4.78 is 0. The van der Waals surface area contributed by atoms with Gasteiger partial charge >= 0.3 is 0 Å². The number of anilines is 2. The van der Waals surface area contributed by atoms with Crippen LogP contribution >= 0.6 is 11.6 Å².